The first-order valence-electron chi connectivity index (χ1n) is 5.14. The van der Waals surface area contributed by atoms with Crippen molar-refractivity contribution in [1.29, 1.82) is 0 Å². The fourth-order valence-corrected chi connectivity index (χ4v) is 1.49. The minimum atomic E-state index is -0.269. The van der Waals surface area contributed by atoms with Crippen LogP contribution in [-0.4, -0.2) is 21.7 Å². The van der Waals surface area contributed by atoms with Crippen LogP contribution in [-0.2, 0) is 6.42 Å². The summed E-state index contributed by atoms with van der Waals surface area (Å²) in [5, 5.41) is 11.0. The molecule has 0 aliphatic heterocycles. The molecule has 0 amide bonds. The van der Waals surface area contributed by atoms with E-state index in [2.05, 4.69) is 20.5 Å². The number of rotatable bonds is 4. The summed E-state index contributed by atoms with van der Waals surface area (Å²) in [5.41, 5.74) is 0.891. The van der Waals surface area contributed by atoms with E-state index in [4.69, 9.17) is 11.6 Å². The molecule has 2 N–H and O–H groups in total. The van der Waals surface area contributed by atoms with Crippen molar-refractivity contribution >= 4 is 17.5 Å². The fourth-order valence-electron chi connectivity index (χ4n) is 1.37. The SMILES string of the molecule is O=c1cnnc(NCCc2ccc(Cl)cc2)[nH]1. The van der Waals surface area contributed by atoms with Crippen LogP contribution in [0.2, 0.25) is 5.02 Å². The molecule has 0 fully saturated rings. The molecule has 0 saturated carbocycles. The van der Waals surface area contributed by atoms with Gasteiger partial charge in [-0.15, -0.1) is 10.2 Å². The third-order valence-electron chi connectivity index (χ3n) is 2.19. The number of hydrogen-bond donors (Lipinski definition) is 2. The molecule has 88 valence electrons. The Bertz CT molecular complexity index is 538. The maximum atomic E-state index is 10.9. The third-order valence-corrected chi connectivity index (χ3v) is 2.45. The Hall–Kier alpha value is -1.88. The van der Waals surface area contributed by atoms with Gasteiger partial charge >= 0.3 is 0 Å². The van der Waals surface area contributed by atoms with Crippen molar-refractivity contribution in [3.05, 3.63) is 51.4 Å². The van der Waals surface area contributed by atoms with Crippen molar-refractivity contribution in [2.24, 2.45) is 0 Å². The third kappa shape index (κ3) is 3.57. The summed E-state index contributed by atoms with van der Waals surface area (Å²) in [6.45, 7) is 0.663. The van der Waals surface area contributed by atoms with Gasteiger partial charge in [-0.25, -0.2) is 0 Å². The molecule has 0 saturated heterocycles. The lowest BCUT2D eigenvalue weighted by Crippen LogP contribution is -2.14. The van der Waals surface area contributed by atoms with E-state index < -0.39 is 0 Å². The van der Waals surface area contributed by atoms with Crippen LogP contribution in [0.1, 0.15) is 5.56 Å². The lowest BCUT2D eigenvalue weighted by molar-refractivity contribution is 0.910. The highest BCUT2D eigenvalue weighted by Crippen LogP contribution is 2.09. The molecule has 2 aromatic rings. The van der Waals surface area contributed by atoms with Gasteiger partial charge in [-0.1, -0.05) is 23.7 Å². The number of halogens is 1. The number of aromatic nitrogens is 3. The highest BCUT2D eigenvalue weighted by molar-refractivity contribution is 6.30. The number of nitrogens with zero attached hydrogens (tertiary/aromatic N) is 2. The van der Waals surface area contributed by atoms with E-state index in [9.17, 15) is 4.79 Å². The number of hydrogen-bond acceptors (Lipinski definition) is 4. The van der Waals surface area contributed by atoms with E-state index in [0.29, 0.717) is 12.5 Å². The zero-order valence-corrected chi connectivity index (χ0v) is 9.74. The summed E-state index contributed by atoms with van der Waals surface area (Å²) in [7, 11) is 0. The fraction of sp³-hybridized carbons (Fsp3) is 0.182. The number of H-pyrrole nitrogens is 1. The van der Waals surface area contributed by atoms with Crippen LogP contribution in [0.5, 0.6) is 0 Å². The van der Waals surface area contributed by atoms with Crippen molar-refractivity contribution in [2.45, 2.75) is 6.42 Å². The van der Waals surface area contributed by atoms with E-state index in [1.165, 1.54) is 0 Å². The second-order valence-electron chi connectivity index (χ2n) is 3.49. The van der Waals surface area contributed by atoms with Crippen LogP contribution >= 0.6 is 11.6 Å². The van der Waals surface area contributed by atoms with Gasteiger partial charge < -0.3 is 5.32 Å². The minimum absolute atomic E-state index is 0.269. The first kappa shape index (κ1) is 11.6. The normalized spacial score (nSPS) is 10.2. The van der Waals surface area contributed by atoms with Gasteiger partial charge in [0, 0.05) is 11.6 Å². The Morgan fingerprint density at radius 1 is 1.29 bits per heavy atom. The molecule has 17 heavy (non-hydrogen) atoms. The molecule has 1 aromatic heterocycles. The Labute approximate surface area is 103 Å². The van der Waals surface area contributed by atoms with Crippen molar-refractivity contribution in [3.8, 4) is 0 Å². The quantitative estimate of drug-likeness (QED) is 0.862. The number of anilines is 1. The topological polar surface area (TPSA) is 70.7 Å². The molecule has 0 spiro atoms. The summed E-state index contributed by atoms with van der Waals surface area (Å²) in [6, 6.07) is 7.62. The Kier molecular flexibility index (Phi) is 3.72. The molecule has 6 heteroatoms. The molecule has 5 nitrogen and oxygen atoms in total. The van der Waals surface area contributed by atoms with Crippen LogP contribution in [0.3, 0.4) is 0 Å². The van der Waals surface area contributed by atoms with Gasteiger partial charge in [-0.05, 0) is 24.1 Å². The van der Waals surface area contributed by atoms with Gasteiger partial charge in [0.15, 0.2) is 0 Å². The zero-order valence-electron chi connectivity index (χ0n) is 8.98. The van der Waals surface area contributed by atoms with Crippen molar-refractivity contribution in [1.82, 2.24) is 15.2 Å². The Balaban J connectivity index is 1.87. The van der Waals surface area contributed by atoms with Gasteiger partial charge in [-0.3, -0.25) is 9.78 Å². The number of nitrogens with one attached hydrogen (secondary N) is 2. The van der Waals surface area contributed by atoms with Crippen LogP contribution in [0.4, 0.5) is 5.95 Å². The predicted octanol–water partition coefficient (Wildman–Crippen LogP) is 1.47. The standard InChI is InChI=1S/C11H11ClN4O/c12-9-3-1-8(2-4-9)5-6-13-11-15-10(17)7-14-16-11/h1-4,7H,5-6H2,(H2,13,15,16,17). The molecule has 0 unspecified atom stereocenters. The summed E-state index contributed by atoms with van der Waals surface area (Å²) >= 11 is 5.79. The largest absolute Gasteiger partial charge is 0.354 e. The van der Waals surface area contributed by atoms with E-state index >= 15 is 0 Å². The average molecular weight is 251 g/mol. The smallest absolute Gasteiger partial charge is 0.271 e. The minimum Gasteiger partial charge on any atom is -0.354 e. The lowest BCUT2D eigenvalue weighted by Gasteiger charge is -2.04. The molecule has 0 atom stereocenters. The highest BCUT2D eigenvalue weighted by Gasteiger charge is 1.96. The first-order chi connectivity index (χ1) is 8.24. The first-order valence-corrected chi connectivity index (χ1v) is 5.52. The Morgan fingerprint density at radius 2 is 2.06 bits per heavy atom. The van der Waals surface area contributed by atoms with E-state index in [1.807, 2.05) is 24.3 Å². The van der Waals surface area contributed by atoms with Gasteiger partial charge in [-0.2, -0.15) is 0 Å². The monoisotopic (exact) mass is 250 g/mol. The van der Waals surface area contributed by atoms with E-state index in [0.717, 1.165) is 23.2 Å². The van der Waals surface area contributed by atoms with Gasteiger partial charge in [0.2, 0.25) is 5.95 Å². The molecule has 0 bridgehead atoms. The molecule has 0 aliphatic rings. The van der Waals surface area contributed by atoms with Crippen molar-refractivity contribution < 1.29 is 0 Å². The van der Waals surface area contributed by atoms with Crippen LogP contribution in [0, 0.1) is 0 Å². The van der Waals surface area contributed by atoms with Crippen LogP contribution in [0.15, 0.2) is 35.3 Å². The highest BCUT2D eigenvalue weighted by atomic mass is 35.5. The molecule has 0 aliphatic carbocycles. The Morgan fingerprint density at radius 3 is 2.76 bits per heavy atom. The maximum absolute atomic E-state index is 10.9. The second kappa shape index (κ2) is 5.45. The predicted molar refractivity (Wildman–Crippen MR) is 66.3 cm³/mol. The molecule has 2 rings (SSSR count). The molecular weight excluding hydrogens is 240 g/mol. The van der Waals surface area contributed by atoms with Gasteiger partial charge in [0.05, 0.1) is 0 Å². The summed E-state index contributed by atoms with van der Waals surface area (Å²) in [4.78, 5) is 13.5. The second-order valence-corrected chi connectivity index (χ2v) is 3.92. The van der Waals surface area contributed by atoms with E-state index in [1.54, 1.807) is 0 Å². The van der Waals surface area contributed by atoms with Crippen molar-refractivity contribution in [2.75, 3.05) is 11.9 Å². The summed E-state index contributed by atoms with van der Waals surface area (Å²) in [5.74, 6) is 0.381. The number of aromatic amines is 1. The van der Waals surface area contributed by atoms with Crippen LogP contribution in [0.25, 0.3) is 0 Å². The van der Waals surface area contributed by atoms with Gasteiger partial charge in [0.25, 0.3) is 5.56 Å². The zero-order chi connectivity index (χ0) is 12.1. The van der Waals surface area contributed by atoms with E-state index in [-0.39, 0.29) is 5.56 Å². The van der Waals surface area contributed by atoms with Crippen molar-refractivity contribution in [3.63, 3.8) is 0 Å². The number of benzene rings is 1. The molecule has 0 radical (unpaired) electrons. The molecular formula is C11H11ClN4O. The molecule has 1 heterocycles. The maximum Gasteiger partial charge on any atom is 0.271 e. The summed E-state index contributed by atoms with van der Waals surface area (Å²) < 4.78 is 0. The molecule has 1 aromatic carbocycles. The lowest BCUT2D eigenvalue weighted by atomic mass is 10.1. The summed E-state index contributed by atoms with van der Waals surface area (Å²) in [6.07, 6.45) is 1.94. The van der Waals surface area contributed by atoms with Crippen LogP contribution < -0.4 is 10.9 Å². The van der Waals surface area contributed by atoms with Gasteiger partial charge in [0.1, 0.15) is 6.20 Å². The average Bonchev–Trinajstić information content (AvgIpc) is 2.32.